The van der Waals surface area contributed by atoms with Crippen LogP contribution in [-0.2, 0) is 11.3 Å². The van der Waals surface area contributed by atoms with Gasteiger partial charge in [-0.15, -0.1) is 11.8 Å². The lowest BCUT2D eigenvalue weighted by molar-refractivity contribution is 0.0583. The predicted octanol–water partition coefficient (Wildman–Crippen LogP) is 3.85. The van der Waals surface area contributed by atoms with Crippen molar-refractivity contribution < 1.29 is 19.1 Å². The Labute approximate surface area is 172 Å². The number of para-hydroxylation sites is 1. The van der Waals surface area contributed by atoms with E-state index in [9.17, 15) is 14.4 Å². The van der Waals surface area contributed by atoms with Gasteiger partial charge in [0, 0.05) is 6.54 Å². The molecule has 1 aromatic heterocycles. The lowest BCUT2D eigenvalue weighted by Crippen LogP contribution is -2.31. The molecular formula is C22H18N2O4S. The summed E-state index contributed by atoms with van der Waals surface area (Å²) >= 11 is 1.33. The first-order valence-corrected chi connectivity index (χ1v) is 10.2. The zero-order chi connectivity index (χ0) is 20.5. The van der Waals surface area contributed by atoms with Crippen LogP contribution >= 0.6 is 11.8 Å². The van der Waals surface area contributed by atoms with Gasteiger partial charge >= 0.3 is 5.97 Å². The Morgan fingerprint density at radius 3 is 2.10 bits per heavy atom. The molecule has 0 atom stereocenters. The molecule has 0 aliphatic carbocycles. The number of rotatable bonds is 5. The molecule has 2 aromatic carbocycles. The number of aromatic nitrogens is 1. The van der Waals surface area contributed by atoms with E-state index in [1.54, 1.807) is 28.8 Å². The minimum atomic E-state index is -0.645. The van der Waals surface area contributed by atoms with Crippen LogP contribution < -0.4 is 4.90 Å². The molecule has 0 saturated heterocycles. The molecule has 7 heteroatoms. The number of fused-ring (bicyclic) bond motifs is 1. The third-order valence-corrected chi connectivity index (χ3v) is 5.63. The molecule has 6 nitrogen and oxygen atoms in total. The van der Waals surface area contributed by atoms with Gasteiger partial charge in [-0.25, -0.2) is 9.69 Å². The van der Waals surface area contributed by atoms with Crippen LogP contribution in [0.4, 0.5) is 5.69 Å². The number of carbonyl (C=O) groups excluding carboxylic acids is 3. The fraction of sp³-hybridized carbons (Fsp3) is 0.136. The fourth-order valence-electron chi connectivity index (χ4n) is 3.57. The van der Waals surface area contributed by atoms with Crippen molar-refractivity contribution in [2.45, 2.75) is 11.6 Å². The maximum Gasteiger partial charge on any atom is 0.355 e. The van der Waals surface area contributed by atoms with Gasteiger partial charge < -0.3 is 9.30 Å². The minimum absolute atomic E-state index is 0.103. The van der Waals surface area contributed by atoms with Crippen LogP contribution in [0.1, 0.15) is 36.8 Å². The summed E-state index contributed by atoms with van der Waals surface area (Å²) in [4.78, 5) is 40.3. The first-order chi connectivity index (χ1) is 14.1. The first-order valence-electron chi connectivity index (χ1n) is 8.95. The monoisotopic (exact) mass is 406 g/mol. The lowest BCUT2D eigenvalue weighted by Gasteiger charge is -2.17. The van der Waals surface area contributed by atoms with Gasteiger partial charge in [0.15, 0.2) is 0 Å². The van der Waals surface area contributed by atoms with Gasteiger partial charge in [-0.1, -0.05) is 48.5 Å². The third-order valence-electron chi connectivity index (χ3n) is 4.82. The van der Waals surface area contributed by atoms with Gasteiger partial charge in [-0.05, 0) is 24.0 Å². The van der Waals surface area contributed by atoms with Gasteiger partial charge in [0.2, 0.25) is 0 Å². The second kappa shape index (κ2) is 7.60. The minimum Gasteiger partial charge on any atom is -0.464 e. The average Bonchev–Trinajstić information content (AvgIpc) is 3.20. The Kier molecular flexibility index (Phi) is 4.98. The summed E-state index contributed by atoms with van der Waals surface area (Å²) < 4.78 is 6.67. The number of ether oxygens (including phenoxy) is 1. The summed E-state index contributed by atoms with van der Waals surface area (Å²) in [5, 5.41) is 0.570. The van der Waals surface area contributed by atoms with E-state index in [-0.39, 0.29) is 16.8 Å². The van der Waals surface area contributed by atoms with Crippen molar-refractivity contribution in [3.05, 3.63) is 83.0 Å². The van der Waals surface area contributed by atoms with E-state index < -0.39 is 17.8 Å². The molecule has 0 spiro atoms. The normalized spacial score (nSPS) is 13.0. The molecule has 0 fully saturated rings. The van der Waals surface area contributed by atoms with Crippen LogP contribution in [0.3, 0.4) is 0 Å². The van der Waals surface area contributed by atoms with E-state index >= 15 is 0 Å². The van der Waals surface area contributed by atoms with Crippen molar-refractivity contribution >= 4 is 35.2 Å². The first kappa shape index (κ1) is 19.0. The summed E-state index contributed by atoms with van der Waals surface area (Å²) in [6, 6.07) is 18.3. The van der Waals surface area contributed by atoms with Crippen LogP contribution in [-0.4, -0.2) is 35.7 Å². The van der Waals surface area contributed by atoms with E-state index in [1.165, 1.54) is 18.9 Å². The maximum absolute atomic E-state index is 13.3. The Morgan fingerprint density at radius 1 is 0.931 bits per heavy atom. The van der Waals surface area contributed by atoms with Crippen molar-refractivity contribution in [2.75, 3.05) is 18.3 Å². The van der Waals surface area contributed by atoms with E-state index in [0.29, 0.717) is 17.3 Å². The van der Waals surface area contributed by atoms with Crippen molar-refractivity contribution in [1.82, 2.24) is 4.57 Å². The summed E-state index contributed by atoms with van der Waals surface area (Å²) in [6.45, 7) is 0.348. The number of thioether (sulfide) groups is 1. The zero-order valence-electron chi connectivity index (χ0n) is 15.9. The predicted molar refractivity (Wildman–Crippen MR) is 111 cm³/mol. The number of imide groups is 1. The molecule has 0 unspecified atom stereocenters. The number of hydrogen-bond donors (Lipinski definition) is 0. The highest BCUT2D eigenvalue weighted by atomic mass is 32.2. The van der Waals surface area contributed by atoms with Gasteiger partial charge in [-0.2, -0.15) is 0 Å². The highest BCUT2D eigenvalue weighted by Gasteiger charge is 2.45. The molecular weight excluding hydrogens is 388 g/mol. The van der Waals surface area contributed by atoms with Gasteiger partial charge in [0.25, 0.3) is 11.8 Å². The van der Waals surface area contributed by atoms with Crippen LogP contribution in [0.5, 0.6) is 0 Å². The molecule has 0 saturated carbocycles. The van der Waals surface area contributed by atoms with Crippen LogP contribution in [0, 0.1) is 0 Å². The zero-order valence-corrected chi connectivity index (χ0v) is 16.7. The molecule has 0 radical (unpaired) electrons. The molecule has 29 heavy (non-hydrogen) atoms. The lowest BCUT2D eigenvalue weighted by atomic mass is 10.1. The largest absolute Gasteiger partial charge is 0.464 e. The molecule has 0 bridgehead atoms. The number of carbonyl (C=O) groups is 3. The number of anilines is 1. The van der Waals surface area contributed by atoms with Crippen molar-refractivity contribution in [1.29, 1.82) is 0 Å². The smallest absolute Gasteiger partial charge is 0.355 e. The van der Waals surface area contributed by atoms with Crippen molar-refractivity contribution in [3.63, 3.8) is 0 Å². The SMILES string of the molecule is COC(=O)c1c2c(c(SC)n1Cc1ccccc1)C(=O)N(c1ccccc1)C2=O. The number of nitrogens with zero attached hydrogens (tertiary/aromatic N) is 2. The third kappa shape index (κ3) is 3.03. The Bertz CT molecular complexity index is 1110. The number of esters is 1. The van der Waals surface area contributed by atoms with Crippen molar-refractivity contribution in [2.24, 2.45) is 0 Å². The van der Waals surface area contributed by atoms with E-state index in [2.05, 4.69) is 0 Å². The molecule has 1 aliphatic rings. The highest BCUT2D eigenvalue weighted by molar-refractivity contribution is 7.98. The van der Waals surface area contributed by atoms with E-state index in [4.69, 9.17) is 4.74 Å². The van der Waals surface area contributed by atoms with Crippen LogP contribution in [0.25, 0.3) is 0 Å². The molecule has 4 rings (SSSR count). The molecule has 2 amide bonds. The van der Waals surface area contributed by atoms with Gasteiger partial charge in [0.05, 0.1) is 29.0 Å². The molecule has 0 N–H and O–H groups in total. The summed E-state index contributed by atoms with van der Waals surface area (Å²) in [7, 11) is 1.27. The highest BCUT2D eigenvalue weighted by Crippen LogP contribution is 2.39. The maximum atomic E-state index is 13.3. The summed E-state index contributed by atoms with van der Waals surface area (Å²) in [5.41, 5.74) is 1.87. The van der Waals surface area contributed by atoms with Crippen LogP contribution in [0.15, 0.2) is 65.7 Å². The molecule has 1 aliphatic heterocycles. The summed E-state index contributed by atoms with van der Waals surface area (Å²) in [6.07, 6.45) is 1.82. The van der Waals surface area contributed by atoms with E-state index in [0.717, 1.165) is 10.5 Å². The summed E-state index contributed by atoms with van der Waals surface area (Å²) in [5.74, 6) is -1.59. The standard InChI is InChI=1S/C22H18N2O4S/c1-28-22(27)18-16-17(20(26)24(19(16)25)15-11-7-4-8-12-15)21(29-2)23(18)13-14-9-5-3-6-10-14/h3-12H,13H2,1-2H3. The Hall–Kier alpha value is -3.32. The van der Waals surface area contributed by atoms with Crippen molar-refractivity contribution in [3.8, 4) is 0 Å². The topological polar surface area (TPSA) is 68.6 Å². The number of benzene rings is 2. The van der Waals surface area contributed by atoms with Gasteiger partial charge in [0.1, 0.15) is 5.69 Å². The Morgan fingerprint density at radius 2 is 1.52 bits per heavy atom. The number of amides is 2. The molecule has 2 heterocycles. The van der Waals surface area contributed by atoms with E-state index in [1.807, 2.05) is 42.7 Å². The average molecular weight is 406 g/mol. The van der Waals surface area contributed by atoms with Crippen LogP contribution in [0.2, 0.25) is 0 Å². The molecule has 3 aromatic rings. The molecule has 146 valence electrons. The number of hydrogen-bond acceptors (Lipinski definition) is 5. The second-order valence-corrected chi connectivity index (χ2v) is 7.25. The number of methoxy groups -OCH3 is 1. The Balaban J connectivity index is 1.91. The van der Waals surface area contributed by atoms with Gasteiger partial charge in [-0.3, -0.25) is 9.59 Å². The fourth-order valence-corrected chi connectivity index (χ4v) is 4.34. The second-order valence-electron chi connectivity index (χ2n) is 6.45. The quantitative estimate of drug-likeness (QED) is 0.366.